The monoisotopic (exact) mass is 546 g/mol. The Morgan fingerprint density at radius 2 is 0.814 bits per heavy atom. The Morgan fingerprint density at radius 3 is 1.49 bits per heavy atom. The van der Waals surface area contributed by atoms with Crippen LogP contribution >= 0.6 is 0 Å². The van der Waals surface area contributed by atoms with Gasteiger partial charge in [0.15, 0.2) is 0 Å². The topological polar surface area (TPSA) is 9.23 Å². The van der Waals surface area contributed by atoms with Gasteiger partial charge in [-0.1, -0.05) is 152 Å². The van der Waals surface area contributed by atoms with Gasteiger partial charge < -0.3 is 4.74 Å². The third-order valence-electron chi connectivity index (χ3n) is 8.87. The van der Waals surface area contributed by atoms with Crippen LogP contribution in [0.25, 0.3) is 76.8 Å². The van der Waals surface area contributed by atoms with Gasteiger partial charge in [0.1, 0.15) is 11.5 Å². The maximum Gasteiger partial charge on any atom is 0.143 e. The van der Waals surface area contributed by atoms with Gasteiger partial charge in [-0.25, -0.2) is 0 Å². The van der Waals surface area contributed by atoms with Crippen molar-refractivity contribution in [2.24, 2.45) is 0 Å². The van der Waals surface area contributed by atoms with Crippen molar-refractivity contribution in [1.29, 1.82) is 0 Å². The second kappa shape index (κ2) is 9.44. The zero-order valence-electron chi connectivity index (χ0n) is 23.4. The summed E-state index contributed by atoms with van der Waals surface area (Å²) in [6.07, 6.45) is 0. The number of fused-ring (bicyclic) bond motifs is 4. The number of hydrogen-bond donors (Lipinski definition) is 0. The van der Waals surface area contributed by atoms with Gasteiger partial charge in [-0.05, 0) is 66.4 Å². The Kier molecular flexibility index (Phi) is 5.27. The molecule has 0 amide bonds. The van der Waals surface area contributed by atoms with Gasteiger partial charge in [0.25, 0.3) is 0 Å². The van der Waals surface area contributed by atoms with Crippen molar-refractivity contribution in [3.05, 3.63) is 158 Å². The molecule has 0 radical (unpaired) electrons. The average Bonchev–Trinajstić information content (AvgIpc) is 3.08. The standard InChI is InChI=1S/C42H26O/c1-3-13-27(14-4-1)29-21-11-23-37-36-26-25-35(34-22-12-24-38(41(34)36)43-42(29)37)40-32-19-9-7-17-30(32)39(28-15-5-2-6-16-28)31-18-8-10-20-33(31)40/h1-26H. The third-order valence-corrected chi connectivity index (χ3v) is 8.87. The van der Waals surface area contributed by atoms with Crippen LogP contribution in [0.1, 0.15) is 0 Å². The predicted molar refractivity (Wildman–Crippen MR) is 181 cm³/mol. The first-order valence-corrected chi connectivity index (χ1v) is 14.8. The molecule has 0 N–H and O–H groups in total. The summed E-state index contributed by atoms with van der Waals surface area (Å²) in [6, 6.07) is 56.6. The molecule has 0 spiro atoms. The van der Waals surface area contributed by atoms with E-state index in [1.165, 1.54) is 54.7 Å². The lowest BCUT2D eigenvalue weighted by atomic mass is 9.83. The first-order valence-electron chi connectivity index (χ1n) is 14.8. The molecule has 1 aliphatic rings. The van der Waals surface area contributed by atoms with E-state index in [0.717, 1.165) is 33.6 Å². The molecule has 1 nitrogen and oxygen atoms in total. The van der Waals surface area contributed by atoms with Crippen LogP contribution in [-0.4, -0.2) is 0 Å². The molecule has 0 bridgehead atoms. The van der Waals surface area contributed by atoms with Gasteiger partial charge in [0.2, 0.25) is 0 Å². The highest BCUT2D eigenvalue weighted by Crippen LogP contribution is 2.53. The first-order chi connectivity index (χ1) is 21.4. The minimum atomic E-state index is 0.903. The summed E-state index contributed by atoms with van der Waals surface area (Å²) >= 11 is 0. The molecule has 9 rings (SSSR count). The Labute approximate surface area is 250 Å². The molecule has 0 fully saturated rings. The molecule has 0 atom stereocenters. The van der Waals surface area contributed by atoms with E-state index in [0.29, 0.717) is 0 Å². The Bertz CT molecular complexity index is 2290. The van der Waals surface area contributed by atoms with E-state index >= 15 is 0 Å². The predicted octanol–water partition coefficient (Wildman–Crippen LogP) is 11.9. The molecule has 0 aromatic heterocycles. The van der Waals surface area contributed by atoms with Crippen LogP contribution in [0.15, 0.2) is 158 Å². The SMILES string of the molecule is c1ccc(-c2cccc3c2Oc2cccc4c(-c5c6ccccc6c(-c6ccccc6)c6ccccc56)ccc-3c24)cc1. The second-order valence-electron chi connectivity index (χ2n) is 11.2. The second-order valence-corrected chi connectivity index (χ2v) is 11.2. The van der Waals surface area contributed by atoms with Crippen LogP contribution in [0.4, 0.5) is 0 Å². The molecule has 0 unspecified atom stereocenters. The lowest BCUT2D eigenvalue weighted by Gasteiger charge is -2.25. The molecule has 200 valence electrons. The van der Waals surface area contributed by atoms with E-state index in [2.05, 4.69) is 158 Å². The van der Waals surface area contributed by atoms with Crippen LogP contribution in [-0.2, 0) is 0 Å². The van der Waals surface area contributed by atoms with Crippen molar-refractivity contribution in [2.75, 3.05) is 0 Å². The molecule has 8 aromatic rings. The molecule has 0 saturated carbocycles. The van der Waals surface area contributed by atoms with Crippen molar-refractivity contribution >= 4 is 32.3 Å². The fourth-order valence-electron chi connectivity index (χ4n) is 7.05. The maximum absolute atomic E-state index is 6.78. The lowest BCUT2D eigenvalue weighted by Crippen LogP contribution is -2.00. The molecule has 1 aliphatic heterocycles. The summed E-state index contributed by atoms with van der Waals surface area (Å²) in [5.41, 5.74) is 9.61. The van der Waals surface area contributed by atoms with Crippen molar-refractivity contribution in [2.45, 2.75) is 0 Å². The van der Waals surface area contributed by atoms with Crippen LogP contribution in [0, 0.1) is 0 Å². The quantitative estimate of drug-likeness (QED) is 0.200. The van der Waals surface area contributed by atoms with Gasteiger partial charge in [-0.2, -0.15) is 0 Å². The molecule has 43 heavy (non-hydrogen) atoms. The summed E-state index contributed by atoms with van der Waals surface area (Å²) in [5, 5.41) is 7.40. The van der Waals surface area contributed by atoms with E-state index in [9.17, 15) is 0 Å². The van der Waals surface area contributed by atoms with Gasteiger partial charge in [-0.15, -0.1) is 0 Å². The summed E-state index contributed by atoms with van der Waals surface area (Å²) in [4.78, 5) is 0. The van der Waals surface area contributed by atoms with E-state index < -0.39 is 0 Å². The smallest absolute Gasteiger partial charge is 0.143 e. The number of hydrogen-bond acceptors (Lipinski definition) is 1. The third kappa shape index (κ3) is 3.58. The molecule has 1 heteroatoms. The van der Waals surface area contributed by atoms with Crippen LogP contribution in [0.5, 0.6) is 11.5 Å². The normalized spacial score (nSPS) is 11.9. The summed E-state index contributed by atoms with van der Waals surface area (Å²) in [6.45, 7) is 0. The average molecular weight is 547 g/mol. The van der Waals surface area contributed by atoms with Crippen molar-refractivity contribution in [3.8, 4) is 56.0 Å². The first kappa shape index (κ1) is 24.0. The molecular weight excluding hydrogens is 520 g/mol. The Hall–Kier alpha value is -5.66. The Balaban J connectivity index is 1.36. The summed E-state index contributed by atoms with van der Waals surface area (Å²) in [5.74, 6) is 1.82. The molecule has 0 saturated heterocycles. The highest BCUT2D eigenvalue weighted by atomic mass is 16.5. The highest BCUT2D eigenvalue weighted by molar-refractivity contribution is 6.24. The van der Waals surface area contributed by atoms with Crippen molar-refractivity contribution in [1.82, 2.24) is 0 Å². The molecule has 0 aliphatic carbocycles. The van der Waals surface area contributed by atoms with Crippen LogP contribution in [0.3, 0.4) is 0 Å². The largest absolute Gasteiger partial charge is 0.455 e. The number of benzene rings is 8. The minimum absolute atomic E-state index is 0.903. The minimum Gasteiger partial charge on any atom is -0.455 e. The van der Waals surface area contributed by atoms with Gasteiger partial charge in [0, 0.05) is 16.5 Å². The molecular formula is C42H26O. The zero-order chi connectivity index (χ0) is 28.3. The molecule has 1 heterocycles. The van der Waals surface area contributed by atoms with E-state index in [4.69, 9.17) is 4.74 Å². The fourth-order valence-corrected chi connectivity index (χ4v) is 7.05. The highest BCUT2D eigenvalue weighted by Gasteiger charge is 2.25. The van der Waals surface area contributed by atoms with Crippen LogP contribution < -0.4 is 4.74 Å². The van der Waals surface area contributed by atoms with Crippen LogP contribution in [0.2, 0.25) is 0 Å². The maximum atomic E-state index is 6.78. The molecule has 8 aromatic carbocycles. The van der Waals surface area contributed by atoms with Gasteiger partial charge >= 0.3 is 0 Å². The van der Waals surface area contributed by atoms with Crippen molar-refractivity contribution in [3.63, 3.8) is 0 Å². The van der Waals surface area contributed by atoms with Crippen molar-refractivity contribution < 1.29 is 4.74 Å². The van der Waals surface area contributed by atoms with E-state index in [-0.39, 0.29) is 0 Å². The number of para-hydroxylation sites is 1. The number of ether oxygens (including phenoxy) is 1. The summed E-state index contributed by atoms with van der Waals surface area (Å²) < 4.78 is 6.78. The van der Waals surface area contributed by atoms with Gasteiger partial charge in [0.05, 0.1) is 0 Å². The zero-order valence-corrected chi connectivity index (χ0v) is 23.4. The number of rotatable bonds is 3. The summed E-state index contributed by atoms with van der Waals surface area (Å²) in [7, 11) is 0. The fraction of sp³-hybridized carbons (Fsp3) is 0. The lowest BCUT2D eigenvalue weighted by molar-refractivity contribution is 0.489. The van der Waals surface area contributed by atoms with E-state index in [1.807, 2.05) is 0 Å². The van der Waals surface area contributed by atoms with E-state index in [1.54, 1.807) is 0 Å². The van der Waals surface area contributed by atoms with Gasteiger partial charge in [-0.3, -0.25) is 0 Å². The Morgan fingerprint density at radius 1 is 0.302 bits per heavy atom.